The van der Waals surface area contributed by atoms with Gasteiger partial charge in [-0.05, 0) is 18.1 Å². The van der Waals surface area contributed by atoms with E-state index in [0.29, 0.717) is 23.4 Å². The highest BCUT2D eigenvalue weighted by atomic mass is 16.5. The zero-order valence-corrected chi connectivity index (χ0v) is 12.2. The fourth-order valence-electron chi connectivity index (χ4n) is 2.07. The molecular formula is C15H17N5O. The van der Waals surface area contributed by atoms with Gasteiger partial charge in [0.25, 0.3) is 5.88 Å². The second-order valence-corrected chi connectivity index (χ2v) is 5.05. The van der Waals surface area contributed by atoms with Crippen LogP contribution in [0.15, 0.2) is 30.5 Å². The molecule has 0 aliphatic heterocycles. The Bertz CT molecular complexity index is 766. The lowest BCUT2D eigenvalue weighted by Gasteiger charge is -2.11. The first-order chi connectivity index (χ1) is 10.2. The van der Waals surface area contributed by atoms with E-state index in [9.17, 15) is 0 Å². The molecule has 6 heteroatoms. The van der Waals surface area contributed by atoms with Gasteiger partial charge >= 0.3 is 0 Å². The molecule has 0 fully saturated rings. The molecule has 0 saturated heterocycles. The Balaban J connectivity index is 2.02. The summed E-state index contributed by atoms with van der Waals surface area (Å²) in [6, 6.07) is 7.90. The summed E-state index contributed by atoms with van der Waals surface area (Å²) in [6.45, 7) is 4.15. The molecule has 0 spiro atoms. The molecular weight excluding hydrogens is 266 g/mol. The van der Waals surface area contributed by atoms with Crippen LogP contribution in [0.5, 0.6) is 5.88 Å². The number of hydrogen-bond acceptors (Lipinski definition) is 5. The van der Waals surface area contributed by atoms with Gasteiger partial charge in [-0.2, -0.15) is 5.10 Å². The van der Waals surface area contributed by atoms with Gasteiger partial charge in [0.2, 0.25) is 0 Å². The number of ether oxygens (including phenoxy) is 1. The van der Waals surface area contributed by atoms with E-state index >= 15 is 0 Å². The summed E-state index contributed by atoms with van der Waals surface area (Å²) in [6.07, 6.45) is 1.73. The number of para-hydroxylation sites is 1. The number of H-pyrrole nitrogens is 1. The van der Waals surface area contributed by atoms with Crippen molar-refractivity contribution in [1.82, 2.24) is 20.2 Å². The molecule has 0 bridgehead atoms. The Morgan fingerprint density at radius 1 is 1.19 bits per heavy atom. The highest BCUT2D eigenvalue weighted by Gasteiger charge is 2.13. The lowest BCUT2D eigenvalue weighted by Crippen LogP contribution is -2.04. The Labute approximate surface area is 122 Å². The Morgan fingerprint density at radius 3 is 2.76 bits per heavy atom. The van der Waals surface area contributed by atoms with Crippen LogP contribution in [0.4, 0.5) is 11.6 Å². The second kappa shape index (κ2) is 5.40. The van der Waals surface area contributed by atoms with Crippen molar-refractivity contribution in [3.63, 3.8) is 0 Å². The van der Waals surface area contributed by atoms with Gasteiger partial charge in [-0.15, -0.1) is 0 Å². The monoisotopic (exact) mass is 283 g/mol. The Morgan fingerprint density at radius 2 is 2.00 bits per heavy atom. The molecule has 3 aromatic rings. The summed E-state index contributed by atoms with van der Waals surface area (Å²) in [7, 11) is 1.58. The van der Waals surface area contributed by atoms with E-state index in [1.165, 1.54) is 0 Å². The molecule has 0 unspecified atom stereocenters. The second-order valence-electron chi connectivity index (χ2n) is 5.05. The van der Waals surface area contributed by atoms with Crippen LogP contribution in [0.2, 0.25) is 0 Å². The van der Waals surface area contributed by atoms with Crippen LogP contribution in [0.25, 0.3) is 10.9 Å². The van der Waals surface area contributed by atoms with Crippen molar-refractivity contribution < 1.29 is 4.74 Å². The van der Waals surface area contributed by atoms with Crippen LogP contribution in [-0.4, -0.2) is 27.3 Å². The summed E-state index contributed by atoms with van der Waals surface area (Å²) in [5.74, 6) is 2.02. The predicted octanol–water partition coefficient (Wildman–Crippen LogP) is 3.23. The van der Waals surface area contributed by atoms with Gasteiger partial charge in [0.1, 0.15) is 0 Å². The minimum atomic E-state index is 0.292. The van der Waals surface area contributed by atoms with Gasteiger partial charge in [0, 0.05) is 5.39 Å². The van der Waals surface area contributed by atoms with Crippen LogP contribution in [-0.2, 0) is 0 Å². The number of fused-ring (bicyclic) bond motifs is 1. The third kappa shape index (κ3) is 2.52. The highest BCUT2D eigenvalue weighted by molar-refractivity contribution is 5.91. The van der Waals surface area contributed by atoms with Crippen molar-refractivity contribution >= 4 is 22.5 Å². The average Bonchev–Trinajstić information content (AvgIpc) is 2.90. The van der Waals surface area contributed by atoms with E-state index in [4.69, 9.17) is 4.74 Å². The van der Waals surface area contributed by atoms with Crippen LogP contribution >= 0.6 is 0 Å². The Kier molecular flexibility index (Phi) is 3.43. The smallest absolute Gasteiger partial charge is 0.257 e. The predicted molar refractivity (Wildman–Crippen MR) is 82.0 cm³/mol. The fraction of sp³-hybridized carbons (Fsp3) is 0.267. The molecule has 3 rings (SSSR count). The van der Waals surface area contributed by atoms with Crippen LogP contribution in [0.3, 0.4) is 0 Å². The van der Waals surface area contributed by atoms with Crippen LogP contribution < -0.4 is 10.1 Å². The minimum absolute atomic E-state index is 0.292. The van der Waals surface area contributed by atoms with Crippen molar-refractivity contribution in [2.75, 3.05) is 12.4 Å². The number of anilines is 2. The van der Waals surface area contributed by atoms with Gasteiger partial charge in [0.05, 0.1) is 24.5 Å². The van der Waals surface area contributed by atoms with Gasteiger partial charge in [-0.3, -0.25) is 5.10 Å². The molecule has 6 nitrogen and oxygen atoms in total. The molecule has 2 aromatic heterocycles. The number of aromatic nitrogens is 4. The first kappa shape index (κ1) is 13.4. The number of aromatic amines is 1. The summed E-state index contributed by atoms with van der Waals surface area (Å²) >= 11 is 0. The molecule has 21 heavy (non-hydrogen) atoms. The van der Waals surface area contributed by atoms with E-state index in [1.54, 1.807) is 13.3 Å². The van der Waals surface area contributed by atoms with Gasteiger partial charge in [-0.25, -0.2) is 9.97 Å². The van der Waals surface area contributed by atoms with E-state index in [-0.39, 0.29) is 0 Å². The molecule has 0 saturated carbocycles. The molecule has 0 aliphatic rings. The van der Waals surface area contributed by atoms with Crippen LogP contribution in [0.1, 0.15) is 25.5 Å². The van der Waals surface area contributed by atoms with Gasteiger partial charge in [0.15, 0.2) is 11.6 Å². The van der Waals surface area contributed by atoms with E-state index in [1.807, 2.05) is 24.3 Å². The first-order valence-electron chi connectivity index (χ1n) is 6.80. The number of nitrogens with one attached hydrogen (secondary N) is 2. The largest absolute Gasteiger partial charge is 0.478 e. The van der Waals surface area contributed by atoms with Crippen molar-refractivity contribution in [2.45, 2.75) is 19.8 Å². The maximum atomic E-state index is 5.27. The zero-order chi connectivity index (χ0) is 14.8. The number of nitrogens with zero attached hydrogens (tertiary/aromatic N) is 3. The summed E-state index contributed by atoms with van der Waals surface area (Å²) < 4.78 is 5.27. The van der Waals surface area contributed by atoms with Crippen molar-refractivity contribution in [1.29, 1.82) is 0 Å². The number of hydrogen-bond donors (Lipinski definition) is 2. The molecule has 0 atom stereocenters. The Hall–Kier alpha value is -2.63. The fourth-order valence-corrected chi connectivity index (χ4v) is 2.07. The lowest BCUT2D eigenvalue weighted by molar-refractivity contribution is 0.397. The number of methoxy groups -OCH3 is 1. The third-order valence-electron chi connectivity index (χ3n) is 3.25. The average molecular weight is 283 g/mol. The highest BCUT2D eigenvalue weighted by Crippen LogP contribution is 2.28. The maximum absolute atomic E-state index is 5.27. The standard InChI is InChI=1S/C15H17N5O/c1-9(2)12-8-16-15(21-3)14(17-12)18-13-10-6-4-5-7-11(10)19-20-13/h4-9H,1-3H3,(H2,17,18,19,20). The van der Waals surface area contributed by atoms with E-state index in [0.717, 1.165) is 16.6 Å². The number of benzene rings is 1. The van der Waals surface area contributed by atoms with Crippen molar-refractivity contribution in [2.24, 2.45) is 0 Å². The molecule has 0 aliphatic carbocycles. The molecule has 0 amide bonds. The topological polar surface area (TPSA) is 75.7 Å². The number of rotatable bonds is 4. The van der Waals surface area contributed by atoms with Gasteiger partial charge < -0.3 is 10.1 Å². The van der Waals surface area contributed by atoms with Crippen LogP contribution in [0, 0.1) is 0 Å². The van der Waals surface area contributed by atoms with Crippen molar-refractivity contribution in [3.05, 3.63) is 36.2 Å². The molecule has 0 radical (unpaired) electrons. The third-order valence-corrected chi connectivity index (χ3v) is 3.25. The molecule has 2 heterocycles. The van der Waals surface area contributed by atoms with Gasteiger partial charge in [-0.1, -0.05) is 26.0 Å². The molecule has 108 valence electrons. The lowest BCUT2D eigenvalue weighted by atomic mass is 10.1. The SMILES string of the molecule is COc1ncc(C(C)C)nc1Nc1n[nH]c2ccccc12. The molecule has 1 aromatic carbocycles. The summed E-state index contributed by atoms with van der Waals surface area (Å²) in [4.78, 5) is 8.87. The van der Waals surface area contributed by atoms with Crippen molar-refractivity contribution in [3.8, 4) is 5.88 Å². The quantitative estimate of drug-likeness (QED) is 0.768. The summed E-state index contributed by atoms with van der Waals surface area (Å²) in [5, 5.41) is 11.5. The van der Waals surface area contributed by atoms with E-state index < -0.39 is 0 Å². The maximum Gasteiger partial charge on any atom is 0.257 e. The zero-order valence-electron chi connectivity index (χ0n) is 12.2. The molecule has 2 N–H and O–H groups in total. The first-order valence-corrected chi connectivity index (χ1v) is 6.80. The summed E-state index contributed by atoms with van der Waals surface area (Å²) in [5.41, 5.74) is 1.87. The van der Waals surface area contributed by atoms with E-state index in [2.05, 4.69) is 39.3 Å². The minimum Gasteiger partial charge on any atom is -0.478 e. The normalized spacial score (nSPS) is 11.0.